The molecule has 0 aromatic carbocycles. The van der Waals surface area contributed by atoms with E-state index in [1.54, 1.807) is 0 Å². The average molecular weight is 300 g/mol. The maximum absolute atomic E-state index is 12.4. The topological polar surface area (TPSA) is 69.6 Å². The molecule has 2 fully saturated rings. The molecular weight excluding hydrogens is 276 g/mol. The van der Waals surface area contributed by atoms with Gasteiger partial charge in [0.05, 0.1) is 5.92 Å². The van der Waals surface area contributed by atoms with Crippen molar-refractivity contribution in [3.8, 4) is 0 Å². The van der Waals surface area contributed by atoms with Crippen molar-refractivity contribution in [2.24, 2.45) is 5.92 Å². The highest BCUT2D eigenvalue weighted by Gasteiger charge is 2.33. The van der Waals surface area contributed by atoms with Gasteiger partial charge in [0.15, 0.2) is 0 Å². The Morgan fingerprint density at radius 2 is 2.00 bits per heavy atom. The molecule has 2 N–H and O–H groups in total. The summed E-state index contributed by atoms with van der Waals surface area (Å²) in [6.07, 6.45) is 4.46. The van der Waals surface area contributed by atoms with Crippen molar-refractivity contribution >= 4 is 23.8 Å². The summed E-state index contributed by atoms with van der Waals surface area (Å²) >= 11 is 1.86. The highest BCUT2D eigenvalue weighted by molar-refractivity contribution is 7.99. The number of hydrogen-bond acceptors (Lipinski definition) is 3. The molecule has 5 nitrogen and oxygen atoms in total. The molecule has 1 aliphatic heterocycles. The van der Waals surface area contributed by atoms with E-state index in [0.29, 0.717) is 6.42 Å². The molecule has 1 saturated carbocycles. The SMILES string of the molecule is CC1CSCCN1C(=O)NC1CCCCCC1C(=O)O. The number of rotatable bonds is 2. The van der Waals surface area contributed by atoms with Crippen molar-refractivity contribution in [2.75, 3.05) is 18.1 Å². The number of carbonyl (C=O) groups excluding carboxylic acids is 1. The second kappa shape index (κ2) is 7.20. The van der Waals surface area contributed by atoms with E-state index in [-0.39, 0.29) is 18.1 Å². The highest BCUT2D eigenvalue weighted by atomic mass is 32.2. The summed E-state index contributed by atoms with van der Waals surface area (Å²) in [6, 6.07) is -0.0805. The summed E-state index contributed by atoms with van der Waals surface area (Å²) in [4.78, 5) is 25.6. The molecule has 114 valence electrons. The molecule has 20 heavy (non-hydrogen) atoms. The van der Waals surface area contributed by atoms with Gasteiger partial charge in [-0.2, -0.15) is 11.8 Å². The van der Waals surface area contributed by atoms with E-state index in [0.717, 1.165) is 43.7 Å². The quantitative estimate of drug-likeness (QED) is 0.767. The van der Waals surface area contributed by atoms with Crippen LogP contribution in [-0.4, -0.2) is 52.1 Å². The van der Waals surface area contributed by atoms with Gasteiger partial charge in [-0.3, -0.25) is 4.79 Å². The number of urea groups is 1. The summed E-state index contributed by atoms with van der Waals surface area (Å²) in [6.45, 7) is 2.80. The summed E-state index contributed by atoms with van der Waals surface area (Å²) in [5.74, 6) is 0.709. The largest absolute Gasteiger partial charge is 0.481 e. The van der Waals surface area contributed by atoms with Crippen LogP contribution in [0.1, 0.15) is 39.0 Å². The van der Waals surface area contributed by atoms with Gasteiger partial charge in [-0.25, -0.2) is 4.79 Å². The molecule has 2 aliphatic rings. The predicted molar refractivity (Wildman–Crippen MR) is 80.0 cm³/mol. The summed E-state index contributed by atoms with van der Waals surface area (Å²) in [5.41, 5.74) is 0. The van der Waals surface area contributed by atoms with Crippen LogP contribution in [0.3, 0.4) is 0 Å². The average Bonchev–Trinajstić information content (AvgIpc) is 2.64. The van der Waals surface area contributed by atoms with E-state index in [1.165, 1.54) is 0 Å². The lowest BCUT2D eigenvalue weighted by atomic mass is 9.95. The number of nitrogens with one attached hydrogen (secondary N) is 1. The Morgan fingerprint density at radius 1 is 1.25 bits per heavy atom. The van der Waals surface area contributed by atoms with Gasteiger partial charge < -0.3 is 15.3 Å². The first-order valence-electron chi connectivity index (χ1n) is 7.47. The number of aliphatic carboxylic acids is 1. The molecule has 3 atom stereocenters. The van der Waals surface area contributed by atoms with Gasteiger partial charge in [0, 0.05) is 30.1 Å². The van der Waals surface area contributed by atoms with Crippen molar-refractivity contribution < 1.29 is 14.7 Å². The smallest absolute Gasteiger partial charge is 0.317 e. The van der Waals surface area contributed by atoms with Crippen LogP contribution in [0, 0.1) is 5.92 Å². The molecule has 2 amide bonds. The van der Waals surface area contributed by atoms with Crippen molar-refractivity contribution in [1.29, 1.82) is 0 Å². The predicted octanol–water partition coefficient (Wildman–Crippen LogP) is 2.17. The van der Waals surface area contributed by atoms with Gasteiger partial charge in [0.25, 0.3) is 0 Å². The molecule has 6 heteroatoms. The van der Waals surface area contributed by atoms with Crippen LogP contribution < -0.4 is 5.32 Å². The monoisotopic (exact) mass is 300 g/mol. The molecule has 1 heterocycles. The Balaban J connectivity index is 1.98. The lowest BCUT2D eigenvalue weighted by Gasteiger charge is -2.35. The van der Waals surface area contributed by atoms with E-state index in [2.05, 4.69) is 5.32 Å². The van der Waals surface area contributed by atoms with E-state index < -0.39 is 11.9 Å². The van der Waals surface area contributed by atoms with Gasteiger partial charge in [-0.05, 0) is 19.8 Å². The lowest BCUT2D eigenvalue weighted by Crippen LogP contribution is -2.53. The van der Waals surface area contributed by atoms with Crippen LogP contribution in [-0.2, 0) is 4.79 Å². The van der Waals surface area contributed by atoms with Gasteiger partial charge >= 0.3 is 12.0 Å². The van der Waals surface area contributed by atoms with Crippen molar-refractivity contribution in [1.82, 2.24) is 10.2 Å². The normalized spacial score (nSPS) is 31.4. The number of amides is 2. The van der Waals surface area contributed by atoms with E-state index in [9.17, 15) is 14.7 Å². The van der Waals surface area contributed by atoms with Gasteiger partial charge in [0.1, 0.15) is 0 Å². The molecular formula is C14H24N2O3S. The zero-order valence-corrected chi connectivity index (χ0v) is 12.8. The lowest BCUT2D eigenvalue weighted by molar-refractivity contribution is -0.142. The first-order chi connectivity index (χ1) is 9.59. The van der Waals surface area contributed by atoms with Gasteiger partial charge in [-0.1, -0.05) is 19.3 Å². The number of carboxylic acid groups (broad SMARTS) is 1. The molecule has 1 aliphatic carbocycles. The molecule has 1 saturated heterocycles. The number of nitrogens with zero attached hydrogens (tertiary/aromatic N) is 1. The van der Waals surface area contributed by atoms with Crippen LogP contribution in [0.15, 0.2) is 0 Å². The molecule has 0 aromatic heterocycles. The van der Waals surface area contributed by atoms with Crippen LogP contribution in [0.25, 0.3) is 0 Å². The Hall–Kier alpha value is -0.910. The van der Waals surface area contributed by atoms with Crippen LogP contribution in [0.2, 0.25) is 0 Å². The molecule has 3 unspecified atom stereocenters. The molecule has 0 radical (unpaired) electrons. The first-order valence-corrected chi connectivity index (χ1v) is 8.62. The third kappa shape index (κ3) is 3.81. The first kappa shape index (κ1) is 15.5. The Bertz CT molecular complexity index is 364. The fraction of sp³-hybridized carbons (Fsp3) is 0.857. The zero-order chi connectivity index (χ0) is 14.5. The Labute approximate surface area is 124 Å². The van der Waals surface area contributed by atoms with Crippen LogP contribution in [0.4, 0.5) is 4.79 Å². The summed E-state index contributed by atoms with van der Waals surface area (Å²) < 4.78 is 0. The summed E-state index contributed by atoms with van der Waals surface area (Å²) in [7, 11) is 0. The fourth-order valence-corrected chi connectivity index (χ4v) is 4.06. The zero-order valence-electron chi connectivity index (χ0n) is 12.0. The second-order valence-corrected chi connectivity index (χ2v) is 6.91. The second-order valence-electron chi connectivity index (χ2n) is 5.76. The third-order valence-corrected chi connectivity index (χ3v) is 5.46. The minimum Gasteiger partial charge on any atom is -0.481 e. The standard InChI is InChI=1S/C14H24N2O3S/c1-10-9-20-8-7-16(10)14(19)15-12-6-4-2-3-5-11(12)13(17)18/h10-12H,2-9H2,1H3,(H,15,19)(H,17,18). The Morgan fingerprint density at radius 3 is 2.70 bits per heavy atom. The van der Waals surface area contributed by atoms with E-state index >= 15 is 0 Å². The maximum Gasteiger partial charge on any atom is 0.317 e. The van der Waals surface area contributed by atoms with E-state index in [4.69, 9.17) is 0 Å². The molecule has 0 bridgehead atoms. The minimum atomic E-state index is -0.778. The highest BCUT2D eigenvalue weighted by Crippen LogP contribution is 2.24. The third-order valence-electron chi connectivity index (χ3n) is 4.27. The van der Waals surface area contributed by atoms with Gasteiger partial charge in [0.2, 0.25) is 0 Å². The van der Waals surface area contributed by atoms with Gasteiger partial charge in [-0.15, -0.1) is 0 Å². The van der Waals surface area contributed by atoms with Crippen molar-refractivity contribution in [3.63, 3.8) is 0 Å². The molecule has 0 spiro atoms. The fourth-order valence-electron chi connectivity index (χ4n) is 3.05. The molecule has 2 rings (SSSR count). The number of hydrogen-bond donors (Lipinski definition) is 2. The minimum absolute atomic E-state index is 0.0871. The number of thioether (sulfide) groups is 1. The van der Waals surface area contributed by atoms with E-state index in [1.807, 2.05) is 23.6 Å². The Kier molecular flexibility index (Phi) is 5.57. The summed E-state index contributed by atoms with van der Waals surface area (Å²) in [5, 5.41) is 12.3. The maximum atomic E-state index is 12.4. The number of carboxylic acids is 1. The van der Waals surface area contributed by atoms with Crippen molar-refractivity contribution in [3.05, 3.63) is 0 Å². The van der Waals surface area contributed by atoms with Crippen LogP contribution in [0.5, 0.6) is 0 Å². The number of carbonyl (C=O) groups is 2. The van der Waals surface area contributed by atoms with Crippen molar-refractivity contribution in [2.45, 2.75) is 51.1 Å². The molecule has 0 aromatic rings. The van der Waals surface area contributed by atoms with Crippen LogP contribution >= 0.6 is 11.8 Å².